The molecule has 0 saturated carbocycles. The third kappa shape index (κ3) is 2.83. The normalized spacial score (nSPS) is 16.5. The molecule has 114 valence electrons. The van der Waals surface area contributed by atoms with Gasteiger partial charge in [-0.1, -0.05) is 36.4 Å². The molecule has 1 aliphatic rings. The Bertz CT molecular complexity index is 684. The van der Waals surface area contributed by atoms with Crippen LogP contribution in [0.15, 0.2) is 48.5 Å². The van der Waals surface area contributed by atoms with Gasteiger partial charge in [-0.15, -0.1) is 0 Å². The zero-order valence-electron chi connectivity index (χ0n) is 12.8. The summed E-state index contributed by atoms with van der Waals surface area (Å²) in [6, 6.07) is 16.3. The number of carbonyl (C=O) groups excluding carboxylic acids is 1. The van der Waals surface area contributed by atoms with E-state index in [4.69, 9.17) is 5.73 Å². The summed E-state index contributed by atoms with van der Waals surface area (Å²) in [5, 5.41) is 2.98. The van der Waals surface area contributed by atoms with Gasteiger partial charge in [0.1, 0.15) is 0 Å². The van der Waals surface area contributed by atoms with Gasteiger partial charge in [0.2, 0.25) is 5.91 Å². The smallest absolute Gasteiger partial charge is 0.243 e. The summed E-state index contributed by atoms with van der Waals surface area (Å²) in [6.07, 6.45) is 0.989. The van der Waals surface area contributed by atoms with Gasteiger partial charge in [0, 0.05) is 24.0 Å². The van der Waals surface area contributed by atoms with Gasteiger partial charge in [0.05, 0.1) is 6.54 Å². The predicted octanol–water partition coefficient (Wildman–Crippen LogP) is 2.54. The van der Waals surface area contributed by atoms with E-state index in [1.807, 2.05) is 36.4 Å². The summed E-state index contributed by atoms with van der Waals surface area (Å²) < 4.78 is 0. The van der Waals surface area contributed by atoms with Crippen LogP contribution < -0.4 is 16.0 Å². The first-order valence-electron chi connectivity index (χ1n) is 7.61. The van der Waals surface area contributed by atoms with E-state index in [1.165, 1.54) is 5.56 Å². The summed E-state index contributed by atoms with van der Waals surface area (Å²) in [7, 11) is 0. The number of fused-ring (bicyclic) bond motifs is 1. The van der Waals surface area contributed by atoms with Crippen molar-refractivity contribution in [1.29, 1.82) is 0 Å². The van der Waals surface area contributed by atoms with Crippen molar-refractivity contribution in [1.82, 2.24) is 0 Å². The molecule has 0 bridgehead atoms. The highest BCUT2D eigenvalue weighted by Crippen LogP contribution is 2.31. The third-order valence-electron chi connectivity index (χ3n) is 4.17. The van der Waals surface area contributed by atoms with Crippen molar-refractivity contribution in [2.24, 2.45) is 5.73 Å². The minimum absolute atomic E-state index is 0.00977. The van der Waals surface area contributed by atoms with E-state index in [9.17, 15) is 4.79 Å². The molecule has 2 aromatic carbocycles. The van der Waals surface area contributed by atoms with Gasteiger partial charge in [0.15, 0.2) is 0 Å². The second-order valence-electron chi connectivity index (χ2n) is 5.72. The van der Waals surface area contributed by atoms with Crippen molar-refractivity contribution in [2.45, 2.75) is 25.9 Å². The number of carbonyl (C=O) groups is 1. The molecule has 1 unspecified atom stereocenters. The van der Waals surface area contributed by atoms with Crippen LogP contribution in [0, 0.1) is 0 Å². The quantitative estimate of drug-likeness (QED) is 0.911. The fourth-order valence-electron chi connectivity index (χ4n) is 3.04. The average Bonchev–Trinajstić information content (AvgIpc) is 2.84. The van der Waals surface area contributed by atoms with Crippen LogP contribution in [0.25, 0.3) is 0 Å². The van der Waals surface area contributed by atoms with Gasteiger partial charge in [-0.2, -0.15) is 0 Å². The van der Waals surface area contributed by atoms with E-state index in [-0.39, 0.29) is 5.91 Å². The highest BCUT2D eigenvalue weighted by atomic mass is 16.2. The first kappa shape index (κ1) is 14.6. The Balaban J connectivity index is 1.72. The topological polar surface area (TPSA) is 58.4 Å². The fourth-order valence-corrected chi connectivity index (χ4v) is 3.04. The molecule has 2 aromatic rings. The SMILES string of the molecule is CC1Cc2ccccc2N1CC(=O)Nc1ccccc1CN. The number of nitrogens with two attached hydrogens (primary N) is 1. The average molecular weight is 295 g/mol. The minimum Gasteiger partial charge on any atom is -0.359 e. The molecule has 1 aliphatic heterocycles. The Hall–Kier alpha value is -2.33. The van der Waals surface area contributed by atoms with E-state index in [0.29, 0.717) is 19.1 Å². The van der Waals surface area contributed by atoms with Crippen LogP contribution in [0.1, 0.15) is 18.1 Å². The molecule has 3 N–H and O–H groups in total. The predicted molar refractivity (Wildman–Crippen MR) is 89.9 cm³/mol. The van der Waals surface area contributed by atoms with Gasteiger partial charge >= 0.3 is 0 Å². The Kier molecular flexibility index (Phi) is 4.11. The van der Waals surface area contributed by atoms with Crippen LogP contribution in [-0.4, -0.2) is 18.5 Å². The Labute approximate surface area is 130 Å². The van der Waals surface area contributed by atoms with E-state index in [1.54, 1.807) is 0 Å². The number of hydrogen-bond acceptors (Lipinski definition) is 3. The van der Waals surface area contributed by atoms with Gasteiger partial charge < -0.3 is 16.0 Å². The van der Waals surface area contributed by atoms with Gasteiger partial charge in [-0.05, 0) is 36.6 Å². The van der Waals surface area contributed by atoms with Crippen molar-refractivity contribution >= 4 is 17.3 Å². The molecule has 0 radical (unpaired) electrons. The maximum atomic E-state index is 12.4. The fraction of sp³-hybridized carbons (Fsp3) is 0.278. The second-order valence-corrected chi connectivity index (χ2v) is 5.72. The molecule has 22 heavy (non-hydrogen) atoms. The van der Waals surface area contributed by atoms with Crippen LogP contribution in [0.3, 0.4) is 0 Å². The Morgan fingerprint density at radius 2 is 1.95 bits per heavy atom. The molecule has 0 aromatic heterocycles. The molecule has 3 rings (SSSR count). The van der Waals surface area contributed by atoms with Crippen LogP contribution in [0.4, 0.5) is 11.4 Å². The minimum atomic E-state index is -0.00977. The molecular formula is C18H21N3O. The molecule has 4 nitrogen and oxygen atoms in total. The molecule has 0 saturated heterocycles. The summed E-state index contributed by atoms with van der Waals surface area (Å²) in [6.45, 7) is 2.93. The number of hydrogen-bond donors (Lipinski definition) is 2. The molecule has 0 spiro atoms. The molecule has 0 fully saturated rings. The van der Waals surface area contributed by atoms with E-state index >= 15 is 0 Å². The van der Waals surface area contributed by atoms with Crippen molar-refractivity contribution in [2.75, 3.05) is 16.8 Å². The number of para-hydroxylation sites is 2. The Morgan fingerprint density at radius 1 is 1.23 bits per heavy atom. The van der Waals surface area contributed by atoms with E-state index in [0.717, 1.165) is 23.4 Å². The highest BCUT2D eigenvalue weighted by Gasteiger charge is 2.27. The standard InChI is InChI=1S/C18H21N3O/c1-13-10-14-6-3-5-9-17(14)21(13)12-18(22)20-16-8-4-2-7-15(16)11-19/h2-9,13H,10-12,19H2,1H3,(H,20,22). The highest BCUT2D eigenvalue weighted by molar-refractivity contribution is 5.95. The number of nitrogens with zero attached hydrogens (tertiary/aromatic N) is 1. The lowest BCUT2D eigenvalue weighted by Gasteiger charge is -2.24. The largest absolute Gasteiger partial charge is 0.359 e. The number of nitrogens with one attached hydrogen (secondary N) is 1. The third-order valence-corrected chi connectivity index (χ3v) is 4.17. The summed E-state index contributed by atoms with van der Waals surface area (Å²) in [4.78, 5) is 14.6. The lowest BCUT2D eigenvalue weighted by molar-refractivity contribution is -0.115. The molecule has 0 aliphatic carbocycles. The van der Waals surface area contributed by atoms with Crippen LogP contribution in [-0.2, 0) is 17.8 Å². The second kappa shape index (κ2) is 6.20. The monoisotopic (exact) mass is 295 g/mol. The van der Waals surface area contributed by atoms with Gasteiger partial charge in [0.25, 0.3) is 0 Å². The van der Waals surface area contributed by atoms with Crippen molar-refractivity contribution < 1.29 is 4.79 Å². The van der Waals surface area contributed by atoms with Crippen LogP contribution in [0.2, 0.25) is 0 Å². The van der Waals surface area contributed by atoms with Crippen molar-refractivity contribution in [3.05, 3.63) is 59.7 Å². The van der Waals surface area contributed by atoms with Gasteiger partial charge in [-0.25, -0.2) is 0 Å². The molecule has 1 amide bonds. The first-order valence-corrected chi connectivity index (χ1v) is 7.61. The van der Waals surface area contributed by atoms with Crippen molar-refractivity contribution in [3.8, 4) is 0 Å². The number of amides is 1. The van der Waals surface area contributed by atoms with Crippen LogP contribution in [0.5, 0.6) is 0 Å². The summed E-state index contributed by atoms with van der Waals surface area (Å²) >= 11 is 0. The molecule has 4 heteroatoms. The number of anilines is 2. The van der Waals surface area contributed by atoms with Crippen LogP contribution >= 0.6 is 0 Å². The van der Waals surface area contributed by atoms with Gasteiger partial charge in [-0.3, -0.25) is 4.79 Å². The summed E-state index contributed by atoms with van der Waals surface area (Å²) in [5.74, 6) is -0.00977. The number of rotatable bonds is 4. The van der Waals surface area contributed by atoms with E-state index in [2.05, 4.69) is 29.3 Å². The maximum absolute atomic E-state index is 12.4. The zero-order chi connectivity index (χ0) is 15.5. The van der Waals surface area contributed by atoms with E-state index < -0.39 is 0 Å². The summed E-state index contributed by atoms with van der Waals surface area (Å²) in [5.41, 5.74) is 9.94. The number of benzene rings is 2. The first-order chi connectivity index (χ1) is 10.7. The Morgan fingerprint density at radius 3 is 2.77 bits per heavy atom. The lowest BCUT2D eigenvalue weighted by Crippen LogP contribution is -2.37. The maximum Gasteiger partial charge on any atom is 0.243 e. The van der Waals surface area contributed by atoms with Crippen molar-refractivity contribution in [3.63, 3.8) is 0 Å². The molecule has 1 atom stereocenters. The molecule has 1 heterocycles. The zero-order valence-corrected chi connectivity index (χ0v) is 12.8. The lowest BCUT2D eigenvalue weighted by atomic mass is 10.1. The molecular weight excluding hydrogens is 274 g/mol.